The number of rotatable bonds is 3. The Hall–Kier alpha value is -2.66. The first-order valence-electron chi connectivity index (χ1n) is 10.8. The van der Waals surface area contributed by atoms with E-state index in [4.69, 9.17) is 14.2 Å². The molecule has 1 N–H and O–H groups in total. The molecular formula is C21H33N5O6. The standard InChI is InChI=1S/C21H33N5O6/c1-8-30-19(29)26-16(22-17(27)14-12-24(7)9-10-31-14)13-11-25(18(28)32-20(2,3)4)21(5,6)15(13)23-26/h14H,8-12H2,1-7H3,(H,22,27). The number of nitrogens with zero attached hydrogens (tertiary/aromatic N) is 4. The highest BCUT2D eigenvalue weighted by Gasteiger charge is 2.47. The number of hydrogen-bond acceptors (Lipinski definition) is 8. The summed E-state index contributed by atoms with van der Waals surface area (Å²) in [5.74, 6) is -0.210. The third-order valence-corrected chi connectivity index (χ3v) is 5.41. The Morgan fingerprint density at radius 3 is 2.53 bits per heavy atom. The lowest BCUT2D eigenvalue weighted by molar-refractivity contribution is -0.132. The number of likely N-dealkylation sites (N-methyl/N-ethyl adjacent to an activating group) is 1. The monoisotopic (exact) mass is 451 g/mol. The van der Waals surface area contributed by atoms with E-state index in [9.17, 15) is 14.4 Å². The van der Waals surface area contributed by atoms with Gasteiger partial charge in [0.05, 0.1) is 31.0 Å². The van der Waals surface area contributed by atoms with E-state index in [1.165, 1.54) is 4.90 Å². The van der Waals surface area contributed by atoms with E-state index in [0.717, 1.165) is 11.2 Å². The summed E-state index contributed by atoms with van der Waals surface area (Å²) >= 11 is 0. The van der Waals surface area contributed by atoms with Gasteiger partial charge in [0.2, 0.25) is 0 Å². The number of amides is 2. The van der Waals surface area contributed by atoms with Crippen LogP contribution in [-0.2, 0) is 31.1 Å². The van der Waals surface area contributed by atoms with E-state index >= 15 is 0 Å². The van der Waals surface area contributed by atoms with Crippen LogP contribution in [0.3, 0.4) is 0 Å². The van der Waals surface area contributed by atoms with Crippen molar-refractivity contribution in [3.05, 3.63) is 11.3 Å². The summed E-state index contributed by atoms with van der Waals surface area (Å²) < 4.78 is 17.3. The highest BCUT2D eigenvalue weighted by Crippen LogP contribution is 2.42. The van der Waals surface area contributed by atoms with Crippen LogP contribution in [0, 0.1) is 0 Å². The first-order chi connectivity index (χ1) is 14.8. The number of carbonyl (C=O) groups is 3. The molecule has 1 atom stereocenters. The average Bonchev–Trinajstić information content (AvgIpc) is 3.15. The second-order valence-corrected chi connectivity index (χ2v) is 9.52. The van der Waals surface area contributed by atoms with Crippen LogP contribution in [0.4, 0.5) is 15.4 Å². The second-order valence-electron chi connectivity index (χ2n) is 9.52. The molecule has 0 aromatic carbocycles. The van der Waals surface area contributed by atoms with Gasteiger partial charge in [0.15, 0.2) is 0 Å². The summed E-state index contributed by atoms with van der Waals surface area (Å²) in [5.41, 5.74) is -0.476. The van der Waals surface area contributed by atoms with Gasteiger partial charge in [-0.25, -0.2) is 9.59 Å². The van der Waals surface area contributed by atoms with Crippen molar-refractivity contribution in [2.45, 2.75) is 65.3 Å². The number of carbonyl (C=O) groups excluding carboxylic acids is 3. The Morgan fingerprint density at radius 2 is 1.94 bits per heavy atom. The van der Waals surface area contributed by atoms with E-state index in [1.807, 2.05) is 25.8 Å². The zero-order valence-corrected chi connectivity index (χ0v) is 19.9. The van der Waals surface area contributed by atoms with E-state index in [-0.39, 0.29) is 19.0 Å². The van der Waals surface area contributed by atoms with Gasteiger partial charge in [-0.15, -0.1) is 4.68 Å². The van der Waals surface area contributed by atoms with Crippen molar-refractivity contribution in [3.63, 3.8) is 0 Å². The van der Waals surface area contributed by atoms with Crippen LogP contribution in [0.5, 0.6) is 0 Å². The Kier molecular flexibility index (Phi) is 6.52. The SMILES string of the molecule is CCOC(=O)n1nc2c(c1NC(=O)C1CN(C)CCO1)CN(C(=O)OC(C)(C)C)C2(C)C. The van der Waals surface area contributed by atoms with Crippen LogP contribution in [0.1, 0.15) is 52.8 Å². The van der Waals surface area contributed by atoms with Crippen LogP contribution < -0.4 is 5.32 Å². The lowest BCUT2D eigenvalue weighted by Gasteiger charge is -2.33. The fourth-order valence-corrected chi connectivity index (χ4v) is 3.76. The molecule has 0 radical (unpaired) electrons. The third-order valence-electron chi connectivity index (χ3n) is 5.41. The van der Waals surface area contributed by atoms with Crippen LogP contribution >= 0.6 is 0 Å². The van der Waals surface area contributed by atoms with Crippen LogP contribution in [0.15, 0.2) is 0 Å². The maximum Gasteiger partial charge on any atom is 0.436 e. The maximum atomic E-state index is 12.9. The molecule has 1 aromatic heterocycles. The van der Waals surface area contributed by atoms with Crippen molar-refractivity contribution in [3.8, 4) is 0 Å². The topological polar surface area (TPSA) is 115 Å². The fraction of sp³-hybridized carbons (Fsp3) is 0.714. The highest BCUT2D eigenvalue weighted by molar-refractivity contribution is 5.96. The summed E-state index contributed by atoms with van der Waals surface area (Å²) in [5, 5.41) is 7.23. The van der Waals surface area contributed by atoms with Gasteiger partial charge >= 0.3 is 12.2 Å². The van der Waals surface area contributed by atoms with Gasteiger partial charge in [-0.05, 0) is 48.6 Å². The molecule has 1 saturated heterocycles. The van der Waals surface area contributed by atoms with E-state index in [0.29, 0.717) is 24.4 Å². The van der Waals surface area contributed by atoms with Crippen molar-refractivity contribution < 1.29 is 28.6 Å². The highest BCUT2D eigenvalue weighted by atomic mass is 16.6. The van der Waals surface area contributed by atoms with Crippen molar-refractivity contribution in [2.75, 3.05) is 38.7 Å². The molecule has 32 heavy (non-hydrogen) atoms. The molecule has 2 amide bonds. The quantitative estimate of drug-likeness (QED) is 0.743. The van der Waals surface area contributed by atoms with Crippen molar-refractivity contribution in [1.29, 1.82) is 0 Å². The number of morpholine rings is 1. The molecule has 0 saturated carbocycles. The maximum absolute atomic E-state index is 12.9. The Bertz CT molecular complexity index is 903. The van der Waals surface area contributed by atoms with Gasteiger partial charge in [-0.1, -0.05) is 0 Å². The molecule has 178 valence electrons. The van der Waals surface area contributed by atoms with Gasteiger partial charge in [-0.3, -0.25) is 9.69 Å². The molecule has 0 aliphatic carbocycles. The first kappa shape index (κ1) is 24.0. The van der Waals surface area contributed by atoms with Crippen LogP contribution in [0.2, 0.25) is 0 Å². The summed E-state index contributed by atoms with van der Waals surface area (Å²) in [6.45, 7) is 12.6. The predicted octanol–water partition coefficient (Wildman–Crippen LogP) is 2.14. The van der Waals surface area contributed by atoms with E-state index < -0.39 is 35.3 Å². The number of fused-ring (bicyclic) bond motifs is 1. The molecular weight excluding hydrogens is 418 g/mol. The minimum Gasteiger partial charge on any atom is -0.448 e. The van der Waals surface area contributed by atoms with Crippen LogP contribution in [0.25, 0.3) is 0 Å². The largest absolute Gasteiger partial charge is 0.448 e. The van der Waals surface area contributed by atoms with Gasteiger partial charge in [0, 0.05) is 18.7 Å². The predicted molar refractivity (Wildman–Crippen MR) is 115 cm³/mol. The van der Waals surface area contributed by atoms with Crippen molar-refractivity contribution in [2.24, 2.45) is 0 Å². The first-order valence-corrected chi connectivity index (χ1v) is 10.8. The minimum atomic E-state index is -0.865. The van der Waals surface area contributed by atoms with Gasteiger partial charge in [-0.2, -0.15) is 5.10 Å². The minimum absolute atomic E-state index is 0.123. The number of nitrogens with one attached hydrogen (secondary N) is 1. The number of aromatic nitrogens is 2. The van der Waals surface area contributed by atoms with E-state index in [1.54, 1.807) is 27.7 Å². The van der Waals surface area contributed by atoms with Crippen molar-refractivity contribution >= 4 is 23.9 Å². The number of anilines is 1. The fourth-order valence-electron chi connectivity index (χ4n) is 3.76. The summed E-state index contributed by atoms with van der Waals surface area (Å²) in [4.78, 5) is 41.9. The third kappa shape index (κ3) is 4.73. The van der Waals surface area contributed by atoms with Crippen LogP contribution in [-0.4, -0.2) is 82.7 Å². The molecule has 3 rings (SSSR count). The number of hydrogen-bond donors (Lipinski definition) is 1. The number of ether oxygens (including phenoxy) is 3. The molecule has 1 fully saturated rings. The average molecular weight is 452 g/mol. The lowest BCUT2D eigenvalue weighted by Crippen LogP contribution is -2.46. The molecule has 1 aromatic rings. The zero-order valence-electron chi connectivity index (χ0n) is 19.9. The summed E-state index contributed by atoms with van der Waals surface area (Å²) in [7, 11) is 1.91. The van der Waals surface area contributed by atoms with Gasteiger partial charge < -0.3 is 24.4 Å². The van der Waals surface area contributed by atoms with Crippen molar-refractivity contribution in [1.82, 2.24) is 19.6 Å². The Balaban J connectivity index is 1.94. The van der Waals surface area contributed by atoms with Gasteiger partial charge in [0.1, 0.15) is 17.5 Å². The Morgan fingerprint density at radius 1 is 1.25 bits per heavy atom. The molecule has 11 heteroatoms. The molecule has 0 spiro atoms. The van der Waals surface area contributed by atoms with Gasteiger partial charge in [0.25, 0.3) is 5.91 Å². The molecule has 0 bridgehead atoms. The normalized spacial score (nSPS) is 20.6. The lowest BCUT2D eigenvalue weighted by atomic mass is 10.0. The summed E-state index contributed by atoms with van der Waals surface area (Å²) in [6, 6.07) is 0. The Labute approximate surface area is 187 Å². The molecule has 11 nitrogen and oxygen atoms in total. The smallest absolute Gasteiger partial charge is 0.436 e. The second kappa shape index (κ2) is 8.70. The zero-order chi connectivity index (χ0) is 23.8. The molecule has 1 unspecified atom stereocenters. The molecule has 2 aliphatic heterocycles. The molecule has 3 heterocycles. The summed E-state index contributed by atoms with van der Waals surface area (Å²) in [6.07, 6.45) is -1.90. The molecule has 2 aliphatic rings. The van der Waals surface area contributed by atoms with E-state index in [2.05, 4.69) is 10.4 Å².